The molecule has 1 fully saturated rings. The van der Waals surface area contributed by atoms with Gasteiger partial charge in [-0.25, -0.2) is 8.42 Å². The Balaban J connectivity index is 2.10. The minimum absolute atomic E-state index is 0.102. The number of aliphatic hydroxyl groups excluding tert-OH is 1. The summed E-state index contributed by atoms with van der Waals surface area (Å²) < 4.78 is 25.0. The number of aliphatic hydroxyl groups is 1. The molecule has 5 nitrogen and oxygen atoms in total. The molecular formula is C13H20N2O3S. The first-order chi connectivity index (χ1) is 8.95. The maximum atomic E-state index is 11.2. The Morgan fingerprint density at radius 2 is 2.11 bits per heavy atom. The van der Waals surface area contributed by atoms with Crippen LogP contribution in [0.15, 0.2) is 24.3 Å². The van der Waals surface area contributed by atoms with E-state index in [0.29, 0.717) is 12.2 Å². The number of sulfonamides is 1. The number of hydrogen-bond donors (Lipinski definition) is 3. The zero-order valence-corrected chi connectivity index (χ0v) is 11.8. The van der Waals surface area contributed by atoms with E-state index >= 15 is 0 Å². The average Bonchev–Trinajstić information content (AvgIpc) is 3.09. The SMILES string of the molecule is CS(=O)(=O)Nc1cccc(C2(CNCCO)CC2)c1. The van der Waals surface area contributed by atoms with E-state index in [1.165, 1.54) is 0 Å². The second-order valence-corrected chi connectivity index (χ2v) is 6.88. The lowest BCUT2D eigenvalue weighted by Gasteiger charge is -2.17. The fraction of sp³-hybridized carbons (Fsp3) is 0.538. The monoisotopic (exact) mass is 284 g/mol. The van der Waals surface area contributed by atoms with Crippen LogP contribution in [0.5, 0.6) is 0 Å². The first-order valence-corrected chi connectivity index (χ1v) is 8.24. The van der Waals surface area contributed by atoms with Crippen LogP contribution in [0.3, 0.4) is 0 Å². The number of anilines is 1. The second kappa shape index (κ2) is 5.48. The van der Waals surface area contributed by atoms with Crippen LogP contribution < -0.4 is 10.0 Å². The van der Waals surface area contributed by atoms with E-state index in [2.05, 4.69) is 10.0 Å². The zero-order valence-electron chi connectivity index (χ0n) is 11.0. The second-order valence-electron chi connectivity index (χ2n) is 5.14. The number of nitrogens with one attached hydrogen (secondary N) is 2. The summed E-state index contributed by atoms with van der Waals surface area (Å²) in [5.41, 5.74) is 1.85. The Kier molecular flexibility index (Phi) is 4.13. The molecule has 1 saturated carbocycles. The molecule has 1 aromatic rings. The first kappa shape index (κ1) is 14.3. The van der Waals surface area contributed by atoms with Gasteiger partial charge in [0.1, 0.15) is 0 Å². The van der Waals surface area contributed by atoms with Gasteiger partial charge in [-0.1, -0.05) is 12.1 Å². The Morgan fingerprint density at radius 3 is 2.68 bits per heavy atom. The molecule has 1 aromatic carbocycles. The highest BCUT2D eigenvalue weighted by Crippen LogP contribution is 2.48. The summed E-state index contributed by atoms with van der Waals surface area (Å²) in [6, 6.07) is 7.55. The van der Waals surface area contributed by atoms with Crippen LogP contribution in [0, 0.1) is 0 Å². The predicted molar refractivity (Wildman–Crippen MR) is 75.8 cm³/mol. The molecule has 3 N–H and O–H groups in total. The van der Waals surface area contributed by atoms with Crippen molar-refractivity contribution < 1.29 is 13.5 Å². The number of rotatable bonds is 7. The number of hydrogen-bond acceptors (Lipinski definition) is 4. The fourth-order valence-electron chi connectivity index (χ4n) is 2.25. The fourth-order valence-corrected chi connectivity index (χ4v) is 2.81. The van der Waals surface area contributed by atoms with Crippen LogP contribution in [0.1, 0.15) is 18.4 Å². The van der Waals surface area contributed by atoms with E-state index in [9.17, 15) is 8.42 Å². The molecule has 0 heterocycles. The summed E-state index contributed by atoms with van der Waals surface area (Å²) in [5, 5.41) is 12.0. The van der Waals surface area contributed by atoms with E-state index in [0.717, 1.165) is 31.2 Å². The normalized spacial score (nSPS) is 17.2. The van der Waals surface area contributed by atoms with E-state index < -0.39 is 10.0 Å². The third-order valence-corrected chi connectivity index (χ3v) is 3.99. The Labute approximate surface area is 114 Å². The molecule has 19 heavy (non-hydrogen) atoms. The van der Waals surface area contributed by atoms with Crippen molar-refractivity contribution in [3.63, 3.8) is 0 Å². The van der Waals surface area contributed by atoms with Gasteiger partial charge in [0, 0.05) is 24.2 Å². The van der Waals surface area contributed by atoms with Gasteiger partial charge in [0.25, 0.3) is 0 Å². The Morgan fingerprint density at radius 1 is 1.37 bits per heavy atom. The highest BCUT2D eigenvalue weighted by Gasteiger charge is 2.43. The molecule has 0 bridgehead atoms. The zero-order chi connectivity index (χ0) is 13.9. The van der Waals surface area contributed by atoms with Gasteiger partial charge in [0.15, 0.2) is 0 Å². The van der Waals surface area contributed by atoms with Crippen molar-refractivity contribution in [2.24, 2.45) is 0 Å². The maximum Gasteiger partial charge on any atom is 0.229 e. The molecule has 106 valence electrons. The molecule has 1 aliphatic rings. The van der Waals surface area contributed by atoms with Gasteiger partial charge in [0.2, 0.25) is 10.0 Å². The molecule has 0 saturated heterocycles. The van der Waals surface area contributed by atoms with E-state index in [-0.39, 0.29) is 12.0 Å². The molecule has 6 heteroatoms. The van der Waals surface area contributed by atoms with Crippen molar-refractivity contribution in [2.75, 3.05) is 30.7 Å². The third kappa shape index (κ3) is 3.92. The lowest BCUT2D eigenvalue weighted by atomic mass is 9.95. The first-order valence-electron chi connectivity index (χ1n) is 6.35. The highest BCUT2D eigenvalue weighted by molar-refractivity contribution is 7.92. The molecule has 0 spiro atoms. The molecule has 0 aliphatic heterocycles. The summed E-state index contributed by atoms with van der Waals surface area (Å²) in [6.45, 7) is 1.53. The summed E-state index contributed by atoms with van der Waals surface area (Å²) in [7, 11) is -3.24. The number of benzene rings is 1. The van der Waals surface area contributed by atoms with Gasteiger partial charge >= 0.3 is 0 Å². The van der Waals surface area contributed by atoms with Crippen LogP contribution in [0.25, 0.3) is 0 Å². The van der Waals surface area contributed by atoms with Gasteiger partial charge in [-0.2, -0.15) is 0 Å². The van der Waals surface area contributed by atoms with Crippen molar-refractivity contribution in [3.05, 3.63) is 29.8 Å². The molecule has 2 rings (SSSR count). The Hall–Kier alpha value is -1.11. The molecule has 0 aromatic heterocycles. The molecule has 0 unspecified atom stereocenters. The minimum Gasteiger partial charge on any atom is -0.395 e. The standard InChI is InChI=1S/C13H20N2O3S/c1-19(17,18)15-12-4-2-3-11(9-12)13(5-6-13)10-14-7-8-16/h2-4,9,14-16H,5-8,10H2,1H3. The maximum absolute atomic E-state index is 11.2. The largest absolute Gasteiger partial charge is 0.395 e. The smallest absolute Gasteiger partial charge is 0.229 e. The molecule has 0 atom stereocenters. The summed E-state index contributed by atoms with van der Waals surface area (Å²) >= 11 is 0. The van der Waals surface area contributed by atoms with Gasteiger partial charge in [-0.3, -0.25) is 4.72 Å². The van der Waals surface area contributed by atoms with Crippen molar-refractivity contribution in [3.8, 4) is 0 Å². The molecular weight excluding hydrogens is 264 g/mol. The van der Waals surface area contributed by atoms with Crippen LogP contribution in [-0.2, 0) is 15.4 Å². The van der Waals surface area contributed by atoms with Crippen LogP contribution in [0.2, 0.25) is 0 Å². The Bertz CT molecular complexity index is 539. The average molecular weight is 284 g/mol. The lowest BCUT2D eigenvalue weighted by Crippen LogP contribution is -2.29. The van der Waals surface area contributed by atoms with E-state index in [1.54, 1.807) is 6.07 Å². The quantitative estimate of drug-likeness (QED) is 0.643. The van der Waals surface area contributed by atoms with Gasteiger partial charge < -0.3 is 10.4 Å². The van der Waals surface area contributed by atoms with Crippen molar-refractivity contribution >= 4 is 15.7 Å². The van der Waals surface area contributed by atoms with Crippen molar-refractivity contribution in [1.29, 1.82) is 0 Å². The third-order valence-electron chi connectivity index (χ3n) is 3.38. The lowest BCUT2D eigenvalue weighted by molar-refractivity contribution is 0.290. The van der Waals surface area contributed by atoms with Gasteiger partial charge in [-0.15, -0.1) is 0 Å². The van der Waals surface area contributed by atoms with Crippen LogP contribution in [0.4, 0.5) is 5.69 Å². The predicted octanol–water partition coefficient (Wildman–Crippen LogP) is 0.672. The van der Waals surface area contributed by atoms with E-state index in [1.807, 2.05) is 18.2 Å². The van der Waals surface area contributed by atoms with Crippen LogP contribution in [-0.4, -0.2) is 39.5 Å². The molecule has 0 radical (unpaired) electrons. The molecule has 1 aliphatic carbocycles. The van der Waals surface area contributed by atoms with E-state index in [4.69, 9.17) is 5.11 Å². The van der Waals surface area contributed by atoms with Crippen molar-refractivity contribution in [2.45, 2.75) is 18.3 Å². The summed E-state index contributed by atoms with van der Waals surface area (Å²) in [4.78, 5) is 0. The van der Waals surface area contributed by atoms with Crippen molar-refractivity contribution in [1.82, 2.24) is 5.32 Å². The topological polar surface area (TPSA) is 78.4 Å². The minimum atomic E-state index is -3.24. The summed E-state index contributed by atoms with van der Waals surface area (Å²) in [5.74, 6) is 0. The van der Waals surface area contributed by atoms with Gasteiger partial charge in [-0.05, 0) is 30.5 Å². The van der Waals surface area contributed by atoms with Crippen LogP contribution >= 0.6 is 0 Å². The highest BCUT2D eigenvalue weighted by atomic mass is 32.2. The molecule has 0 amide bonds. The van der Waals surface area contributed by atoms with Gasteiger partial charge in [0.05, 0.1) is 12.9 Å². The summed E-state index contributed by atoms with van der Waals surface area (Å²) in [6.07, 6.45) is 3.33.